The quantitative estimate of drug-likeness (QED) is 0.211. The van der Waals surface area contributed by atoms with Gasteiger partial charge in [0.25, 0.3) is 0 Å². The fourth-order valence-electron chi connectivity index (χ4n) is 3.67. The van der Waals surface area contributed by atoms with Crippen molar-refractivity contribution in [3.05, 3.63) is 49.1 Å². The number of carbonyl (C=O) groups excluding carboxylic acids is 1. The maximum Gasteiger partial charge on any atom is 0.336 e. The molecule has 6 atom stereocenters. The first-order valence-electron chi connectivity index (χ1n) is 8.66. The van der Waals surface area contributed by atoms with Crippen LogP contribution in [-0.2, 0) is 14.3 Å². The van der Waals surface area contributed by atoms with Gasteiger partial charge in [0.1, 0.15) is 12.2 Å². The van der Waals surface area contributed by atoms with Crippen molar-refractivity contribution in [2.45, 2.75) is 31.7 Å². The van der Waals surface area contributed by atoms with E-state index in [9.17, 15) is 30.0 Å². The van der Waals surface area contributed by atoms with Crippen LogP contribution in [0.3, 0.4) is 0 Å². The predicted molar refractivity (Wildman–Crippen MR) is 101 cm³/mol. The van der Waals surface area contributed by atoms with Crippen LogP contribution in [0.25, 0.3) is 0 Å². The van der Waals surface area contributed by atoms with Crippen molar-refractivity contribution in [2.24, 2.45) is 17.3 Å². The second kappa shape index (κ2) is 9.29. The van der Waals surface area contributed by atoms with E-state index in [0.717, 1.165) is 0 Å². The minimum atomic E-state index is -1.53. The zero-order chi connectivity index (χ0) is 21.8. The molecular formula is C20H28O8. The Labute approximate surface area is 163 Å². The van der Waals surface area contributed by atoms with Gasteiger partial charge in [-0.1, -0.05) is 32.7 Å². The van der Waals surface area contributed by atoms with E-state index in [1.54, 1.807) is 6.92 Å². The Kier molecular flexibility index (Phi) is 7.89. The minimum absolute atomic E-state index is 0.0580. The Hall–Kier alpha value is -2.26. The Morgan fingerprint density at radius 3 is 2.29 bits per heavy atom. The van der Waals surface area contributed by atoms with Crippen LogP contribution >= 0.6 is 0 Å². The molecular weight excluding hydrogens is 368 g/mol. The molecule has 0 radical (unpaired) electrons. The highest BCUT2D eigenvalue weighted by Crippen LogP contribution is 2.50. The van der Waals surface area contributed by atoms with Gasteiger partial charge in [-0.2, -0.15) is 0 Å². The molecule has 0 aliphatic heterocycles. The zero-order valence-corrected chi connectivity index (χ0v) is 15.9. The van der Waals surface area contributed by atoms with E-state index in [4.69, 9.17) is 9.84 Å². The van der Waals surface area contributed by atoms with Gasteiger partial charge in [-0.3, -0.25) is 0 Å². The van der Waals surface area contributed by atoms with Gasteiger partial charge in [-0.15, -0.1) is 6.58 Å². The van der Waals surface area contributed by atoms with Crippen molar-refractivity contribution in [3.63, 3.8) is 0 Å². The van der Waals surface area contributed by atoms with E-state index in [2.05, 4.69) is 26.3 Å². The third-order valence-electron chi connectivity index (χ3n) is 5.34. The smallest absolute Gasteiger partial charge is 0.336 e. The summed E-state index contributed by atoms with van der Waals surface area (Å²) in [4.78, 5) is 23.8. The summed E-state index contributed by atoms with van der Waals surface area (Å²) in [5.41, 5.74) is -1.38. The molecule has 156 valence electrons. The highest BCUT2D eigenvalue weighted by Gasteiger charge is 2.53. The van der Waals surface area contributed by atoms with Crippen LogP contribution in [0.5, 0.6) is 0 Å². The van der Waals surface area contributed by atoms with Crippen LogP contribution in [0.4, 0.5) is 0 Å². The number of carboxylic acids is 1. The lowest BCUT2D eigenvalue weighted by molar-refractivity contribution is -0.162. The van der Waals surface area contributed by atoms with Crippen molar-refractivity contribution < 1.29 is 39.9 Å². The monoisotopic (exact) mass is 396 g/mol. The average molecular weight is 396 g/mol. The van der Waals surface area contributed by atoms with Gasteiger partial charge in [0.2, 0.25) is 0 Å². The van der Waals surface area contributed by atoms with E-state index in [-0.39, 0.29) is 17.6 Å². The third kappa shape index (κ3) is 4.59. The van der Waals surface area contributed by atoms with Crippen molar-refractivity contribution in [2.75, 3.05) is 13.2 Å². The number of aliphatic carboxylic acids is 1. The van der Waals surface area contributed by atoms with Gasteiger partial charge < -0.3 is 30.3 Å². The molecule has 1 rings (SSSR count). The van der Waals surface area contributed by atoms with Crippen LogP contribution in [-0.4, -0.2) is 69.0 Å². The average Bonchev–Trinajstić information content (AvgIpc) is 2.65. The van der Waals surface area contributed by atoms with E-state index in [0.29, 0.717) is 0 Å². The number of aliphatic hydroxyl groups is 4. The van der Waals surface area contributed by atoms with Crippen LogP contribution in [0, 0.1) is 17.3 Å². The SMILES string of the molecule is C=C[C@]1(C)C[C@@H](OC(=O)C(=C)[C@@H](O)CO)[C@@H](C(=C)C(=O)O)[C@@H](O)[C@@H]1C(=C)CO. The number of allylic oxidation sites excluding steroid dienone is 1. The predicted octanol–water partition coefficient (Wildman–Crippen LogP) is 0.186. The second-order valence-corrected chi connectivity index (χ2v) is 7.22. The maximum absolute atomic E-state index is 12.3. The molecule has 0 spiro atoms. The Morgan fingerprint density at radius 1 is 1.29 bits per heavy atom. The van der Waals surface area contributed by atoms with Crippen molar-refractivity contribution in [1.29, 1.82) is 0 Å². The summed E-state index contributed by atoms with van der Waals surface area (Å²) in [5, 5.41) is 48.4. The largest absolute Gasteiger partial charge is 0.478 e. The highest BCUT2D eigenvalue weighted by molar-refractivity contribution is 5.89. The van der Waals surface area contributed by atoms with Gasteiger partial charge in [0.15, 0.2) is 0 Å². The first-order chi connectivity index (χ1) is 12.9. The highest BCUT2D eigenvalue weighted by atomic mass is 16.5. The fourth-order valence-corrected chi connectivity index (χ4v) is 3.67. The standard InChI is InChI=1S/C20H28O8/c1-6-20(5)7-14(28-19(27)11(3)13(23)9-22)15(12(4)18(25)26)17(24)16(20)10(2)8-21/h6,13-17,21-24H,1-4,7-9H2,5H3,(H,25,26)/t13-,14+,15+,16-,17+,20+/m0/s1. The summed E-state index contributed by atoms with van der Waals surface area (Å²) >= 11 is 0. The molecule has 0 heterocycles. The number of esters is 1. The Balaban J connectivity index is 3.35. The molecule has 1 aliphatic carbocycles. The molecule has 0 saturated heterocycles. The number of hydrogen-bond donors (Lipinski definition) is 5. The van der Waals surface area contributed by atoms with Crippen LogP contribution in [0.15, 0.2) is 49.1 Å². The van der Waals surface area contributed by atoms with Gasteiger partial charge in [0, 0.05) is 11.5 Å². The van der Waals surface area contributed by atoms with E-state index in [1.165, 1.54) is 6.08 Å². The third-order valence-corrected chi connectivity index (χ3v) is 5.34. The van der Waals surface area contributed by atoms with Crippen molar-refractivity contribution in [3.8, 4) is 0 Å². The van der Waals surface area contributed by atoms with E-state index in [1.807, 2.05) is 0 Å². The lowest BCUT2D eigenvalue weighted by Gasteiger charge is -2.50. The molecule has 1 saturated carbocycles. The Morgan fingerprint density at radius 2 is 1.86 bits per heavy atom. The minimum Gasteiger partial charge on any atom is -0.478 e. The van der Waals surface area contributed by atoms with Crippen LogP contribution in [0.1, 0.15) is 13.3 Å². The lowest BCUT2D eigenvalue weighted by Crippen LogP contribution is -2.54. The zero-order valence-electron chi connectivity index (χ0n) is 15.9. The topological polar surface area (TPSA) is 145 Å². The van der Waals surface area contributed by atoms with Crippen LogP contribution < -0.4 is 0 Å². The summed E-state index contributed by atoms with van der Waals surface area (Å²) < 4.78 is 5.36. The fraction of sp³-hybridized carbons (Fsp3) is 0.500. The van der Waals surface area contributed by atoms with Crippen molar-refractivity contribution >= 4 is 11.9 Å². The van der Waals surface area contributed by atoms with E-state index >= 15 is 0 Å². The molecule has 0 unspecified atom stereocenters. The number of carbonyl (C=O) groups is 2. The lowest BCUT2D eigenvalue weighted by atomic mass is 9.58. The first kappa shape index (κ1) is 23.8. The van der Waals surface area contributed by atoms with Gasteiger partial charge in [-0.05, 0) is 17.4 Å². The summed E-state index contributed by atoms with van der Waals surface area (Å²) in [6, 6.07) is 0. The summed E-state index contributed by atoms with van der Waals surface area (Å²) in [7, 11) is 0. The number of rotatable bonds is 9. The summed E-state index contributed by atoms with van der Waals surface area (Å²) in [6.45, 7) is 14.9. The van der Waals surface area contributed by atoms with Gasteiger partial charge in [0.05, 0.1) is 30.8 Å². The first-order valence-corrected chi connectivity index (χ1v) is 8.66. The normalized spacial score (nSPS) is 30.8. The molecule has 0 amide bonds. The molecule has 1 fully saturated rings. The molecule has 1 aliphatic rings. The number of ether oxygens (including phenoxy) is 1. The molecule has 5 N–H and O–H groups in total. The Bertz CT molecular complexity index is 682. The maximum atomic E-state index is 12.3. The molecule has 8 nitrogen and oxygen atoms in total. The second-order valence-electron chi connectivity index (χ2n) is 7.22. The van der Waals surface area contributed by atoms with Crippen LogP contribution in [0.2, 0.25) is 0 Å². The summed E-state index contributed by atoms with van der Waals surface area (Å²) in [6.07, 6.45) is -2.45. The molecule has 0 aromatic rings. The van der Waals surface area contributed by atoms with E-state index < -0.39 is 66.3 Å². The molecule has 0 aromatic carbocycles. The molecule has 8 heteroatoms. The molecule has 28 heavy (non-hydrogen) atoms. The number of hydrogen-bond acceptors (Lipinski definition) is 7. The summed E-state index contributed by atoms with van der Waals surface area (Å²) in [5.74, 6) is -4.36. The molecule has 0 bridgehead atoms. The number of carboxylic acid groups (broad SMARTS) is 1. The number of aliphatic hydroxyl groups excluding tert-OH is 4. The van der Waals surface area contributed by atoms with Crippen molar-refractivity contribution in [1.82, 2.24) is 0 Å². The van der Waals surface area contributed by atoms with Gasteiger partial charge in [-0.25, -0.2) is 9.59 Å². The van der Waals surface area contributed by atoms with Gasteiger partial charge >= 0.3 is 11.9 Å². The molecule has 0 aromatic heterocycles.